The van der Waals surface area contributed by atoms with Crippen LogP contribution >= 0.6 is 0 Å². The number of carbonyl (C=O) groups excluding carboxylic acids is 1. The van der Waals surface area contributed by atoms with Gasteiger partial charge >= 0.3 is 0 Å². The lowest BCUT2D eigenvalue weighted by atomic mass is 10.0. The Hall–Kier alpha value is -1.01. The fraction of sp³-hybridized carbons (Fsp3) is 0.727. The summed E-state index contributed by atoms with van der Waals surface area (Å²) in [5, 5.41) is 5.96. The molecule has 0 spiro atoms. The molecule has 3 nitrogen and oxygen atoms in total. The minimum Gasteiger partial charge on any atom is -0.354 e. The van der Waals surface area contributed by atoms with Gasteiger partial charge in [-0.15, -0.1) is 12.3 Å². The Morgan fingerprint density at radius 3 is 2.64 bits per heavy atom. The monoisotopic (exact) mass is 196 g/mol. The molecule has 2 N–H and O–H groups in total. The van der Waals surface area contributed by atoms with Gasteiger partial charge in [0.05, 0.1) is 5.54 Å². The molecule has 0 saturated heterocycles. The largest absolute Gasteiger partial charge is 0.354 e. The van der Waals surface area contributed by atoms with Gasteiger partial charge in [0.25, 0.3) is 0 Å². The standard InChI is InChI=1S/C11H20N2O/c1-5-7-8-9-12-10(14)11(3,4)13-6-2/h1,13H,6-9H2,2-4H3,(H,12,14). The zero-order chi connectivity index (χ0) is 11.0. The number of likely N-dealkylation sites (N-methyl/N-ethyl adjacent to an activating group) is 1. The summed E-state index contributed by atoms with van der Waals surface area (Å²) in [6.07, 6.45) is 6.65. The Morgan fingerprint density at radius 2 is 2.14 bits per heavy atom. The first-order valence-electron chi connectivity index (χ1n) is 5.01. The normalized spacial score (nSPS) is 10.7. The zero-order valence-electron chi connectivity index (χ0n) is 9.31. The van der Waals surface area contributed by atoms with Crippen LogP contribution in [-0.4, -0.2) is 24.5 Å². The van der Waals surface area contributed by atoms with E-state index in [4.69, 9.17) is 6.42 Å². The maximum absolute atomic E-state index is 11.6. The lowest BCUT2D eigenvalue weighted by Gasteiger charge is -2.24. The summed E-state index contributed by atoms with van der Waals surface area (Å²) in [6.45, 7) is 7.15. The van der Waals surface area contributed by atoms with E-state index in [1.807, 2.05) is 20.8 Å². The molecule has 0 aromatic rings. The van der Waals surface area contributed by atoms with E-state index in [2.05, 4.69) is 16.6 Å². The van der Waals surface area contributed by atoms with Crippen molar-refractivity contribution in [2.24, 2.45) is 0 Å². The van der Waals surface area contributed by atoms with Crippen LogP contribution in [0.2, 0.25) is 0 Å². The van der Waals surface area contributed by atoms with Crippen LogP contribution in [0.25, 0.3) is 0 Å². The van der Waals surface area contributed by atoms with E-state index in [0.717, 1.165) is 13.0 Å². The van der Waals surface area contributed by atoms with Gasteiger partial charge < -0.3 is 10.6 Å². The summed E-state index contributed by atoms with van der Waals surface area (Å²) in [5.74, 6) is 2.56. The summed E-state index contributed by atoms with van der Waals surface area (Å²) in [4.78, 5) is 11.6. The van der Waals surface area contributed by atoms with Gasteiger partial charge in [0.1, 0.15) is 0 Å². The van der Waals surface area contributed by atoms with Gasteiger partial charge in [-0.3, -0.25) is 4.79 Å². The number of hydrogen-bond donors (Lipinski definition) is 2. The van der Waals surface area contributed by atoms with Gasteiger partial charge in [-0.2, -0.15) is 0 Å². The summed E-state index contributed by atoms with van der Waals surface area (Å²) in [7, 11) is 0. The molecular formula is C11H20N2O. The molecule has 0 aliphatic heterocycles. The second-order valence-corrected chi connectivity index (χ2v) is 3.72. The Balaban J connectivity index is 3.78. The van der Waals surface area contributed by atoms with Crippen LogP contribution in [0.15, 0.2) is 0 Å². The fourth-order valence-electron chi connectivity index (χ4n) is 1.14. The molecule has 0 aromatic heterocycles. The van der Waals surface area contributed by atoms with Gasteiger partial charge in [-0.1, -0.05) is 6.92 Å². The Morgan fingerprint density at radius 1 is 1.50 bits per heavy atom. The fourth-order valence-corrected chi connectivity index (χ4v) is 1.14. The van der Waals surface area contributed by atoms with Crippen LogP contribution < -0.4 is 10.6 Å². The molecule has 0 saturated carbocycles. The predicted molar refractivity (Wildman–Crippen MR) is 58.8 cm³/mol. The highest BCUT2D eigenvalue weighted by Gasteiger charge is 2.25. The molecule has 0 rings (SSSR count). The minimum atomic E-state index is -0.495. The van der Waals surface area contributed by atoms with Crippen LogP contribution in [0.4, 0.5) is 0 Å². The topological polar surface area (TPSA) is 41.1 Å². The molecule has 0 aliphatic rings. The van der Waals surface area contributed by atoms with Crippen molar-refractivity contribution in [1.82, 2.24) is 10.6 Å². The molecule has 3 heteroatoms. The van der Waals surface area contributed by atoms with Crippen LogP contribution in [0.5, 0.6) is 0 Å². The molecule has 0 aromatic carbocycles. The maximum Gasteiger partial charge on any atom is 0.239 e. The molecule has 0 atom stereocenters. The number of carbonyl (C=O) groups is 1. The van der Waals surface area contributed by atoms with Crippen molar-refractivity contribution in [2.45, 2.75) is 39.2 Å². The second-order valence-electron chi connectivity index (χ2n) is 3.72. The van der Waals surface area contributed by atoms with Crippen molar-refractivity contribution in [3.8, 4) is 12.3 Å². The predicted octanol–water partition coefficient (Wildman–Crippen LogP) is 0.904. The quantitative estimate of drug-likeness (QED) is 0.489. The van der Waals surface area contributed by atoms with E-state index in [-0.39, 0.29) is 5.91 Å². The molecule has 0 bridgehead atoms. The molecule has 0 aliphatic carbocycles. The van der Waals surface area contributed by atoms with E-state index in [0.29, 0.717) is 13.0 Å². The van der Waals surface area contributed by atoms with Gasteiger partial charge in [0.2, 0.25) is 5.91 Å². The highest BCUT2D eigenvalue weighted by molar-refractivity contribution is 5.85. The third kappa shape index (κ3) is 4.88. The Bertz CT molecular complexity index is 216. The smallest absolute Gasteiger partial charge is 0.239 e. The number of terminal acetylenes is 1. The molecular weight excluding hydrogens is 176 g/mol. The number of amides is 1. The lowest BCUT2D eigenvalue weighted by Crippen LogP contribution is -2.52. The SMILES string of the molecule is C#CCCCNC(=O)C(C)(C)NCC. The van der Waals surface area contributed by atoms with Gasteiger partial charge in [0.15, 0.2) is 0 Å². The van der Waals surface area contributed by atoms with Crippen LogP contribution in [0.3, 0.4) is 0 Å². The molecule has 14 heavy (non-hydrogen) atoms. The van der Waals surface area contributed by atoms with E-state index < -0.39 is 5.54 Å². The molecule has 80 valence electrons. The van der Waals surface area contributed by atoms with Crippen molar-refractivity contribution in [2.75, 3.05) is 13.1 Å². The van der Waals surface area contributed by atoms with E-state index >= 15 is 0 Å². The first-order valence-corrected chi connectivity index (χ1v) is 5.01. The third-order valence-corrected chi connectivity index (χ3v) is 1.97. The van der Waals surface area contributed by atoms with E-state index in [9.17, 15) is 4.79 Å². The highest BCUT2D eigenvalue weighted by Crippen LogP contribution is 2.01. The molecule has 0 fully saturated rings. The van der Waals surface area contributed by atoms with Gasteiger partial charge in [-0.05, 0) is 26.8 Å². The van der Waals surface area contributed by atoms with Crippen molar-refractivity contribution in [1.29, 1.82) is 0 Å². The average molecular weight is 196 g/mol. The van der Waals surface area contributed by atoms with Crippen molar-refractivity contribution < 1.29 is 4.79 Å². The number of unbranched alkanes of at least 4 members (excludes halogenated alkanes) is 1. The Kier molecular flexibility index (Phi) is 5.98. The van der Waals surface area contributed by atoms with Crippen molar-refractivity contribution in [3.63, 3.8) is 0 Å². The third-order valence-electron chi connectivity index (χ3n) is 1.97. The Labute approximate surface area is 86.6 Å². The van der Waals surface area contributed by atoms with Crippen LogP contribution in [0, 0.1) is 12.3 Å². The minimum absolute atomic E-state index is 0.0244. The molecule has 0 radical (unpaired) electrons. The lowest BCUT2D eigenvalue weighted by molar-refractivity contribution is -0.126. The first kappa shape index (κ1) is 13.0. The van der Waals surface area contributed by atoms with Crippen LogP contribution in [0.1, 0.15) is 33.6 Å². The summed E-state index contributed by atoms with van der Waals surface area (Å²) < 4.78 is 0. The number of rotatable bonds is 6. The number of nitrogens with one attached hydrogen (secondary N) is 2. The molecule has 0 heterocycles. The van der Waals surface area contributed by atoms with Gasteiger partial charge in [-0.25, -0.2) is 0 Å². The van der Waals surface area contributed by atoms with E-state index in [1.54, 1.807) is 0 Å². The maximum atomic E-state index is 11.6. The molecule has 1 amide bonds. The van der Waals surface area contributed by atoms with Crippen molar-refractivity contribution in [3.05, 3.63) is 0 Å². The second kappa shape index (κ2) is 6.44. The van der Waals surface area contributed by atoms with Crippen LogP contribution in [-0.2, 0) is 4.79 Å². The summed E-state index contributed by atoms with van der Waals surface area (Å²) in [6, 6.07) is 0. The summed E-state index contributed by atoms with van der Waals surface area (Å²) >= 11 is 0. The average Bonchev–Trinajstić information content (AvgIpc) is 2.12. The summed E-state index contributed by atoms with van der Waals surface area (Å²) in [5.41, 5.74) is -0.495. The molecule has 0 unspecified atom stereocenters. The zero-order valence-corrected chi connectivity index (χ0v) is 9.31. The van der Waals surface area contributed by atoms with Crippen molar-refractivity contribution >= 4 is 5.91 Å². The number of hydrogen-bond acceptors (Lipinski definition) is 2. The highest BCUT2D eigenvalue weighted by atomic mass is 16.2. The van der Waals surface area contributed by atoms with Gasteiger partial charge in [0, 0.05) is 13.0 Å². The first-order chi connectivity index (χ1) is 6.54. The van der Waals surface area contributed by atoms with E-state index in [1.165, 1.54) is 0 Å².